The van der Waals surface area contributed by atoms with Crippen LogP contribution in [0.3, 0.4) is 0 Å². The van der Waals surface area contributed by atoms with E-state index in [4.69, 9.17) is 4.74 Å². The molecular weight excluding hydrogens is 316 g/mol. The predicted octanol–water partition coefficient (Wildman–Crippen LogP) is 2.26. The molecule has 0 N–H and O–H groups in total. The third kappa shape index (κ3) is 4.02. The topological polar surface area (TPSA) is 50.6 Å². The molecule has 25 heavy (non-hydrogen) atoms. The van der Waals surface area contributed by atoms with Crippen LogP contribution in [0, 0.1) is 0 Å². The highest BCUT2D eigenvalue weighted by Crippen LogP contribution is 2.18. The normalized spacial score (nSPS) is 18.4. The molecule has 6 heteroatoms. The van der Waals surface area contributed by atoms with Gasteiger partial charge in [-0.05, 0) is 31.5 Å². The van der Waals surface area contributed by atoms with E-state index in [1.165, 1.54) is 5.56 Å². The number of aryl methyl sites for hydroxylation is 1. The molecular formula is C19H26N4O2. The van der Waals surface area contributed by atoms with Gasteiger partial charge in [0.1, 0.15) is 5.75 Å². The molecule has 2 aromatic rings. The summed E-state index contributed by atoms with van der Waals surface area (Å²) < 4.78 is 7.08. The number of hydrogen-bond acceptors (Lipinski definition) is 4. The molecule has 6 nitrogen and oxygen atoms in total. The van der Waals surface area contributed by atoms with Crippen LogP contribution in [-0.4, -0.2) is 58.3 Å². The van der Waals surface area contributed by atoms with E-state index in [0.29, 0.717) is 5.56 Å². The minimum Gasteiger partial charge on any atom is -0.497 e. The Hall–Kier alpha value is -2.34. The van der Waals surface area contributed by atoms with Gasteiger partial charge in [-0.2, -0.15) is 5.10 Å². The van der Waals surface area contributed by atoms with Crippen LogP contribution in [0.4, 0.5) is 0 Å². The molecule has 1 saturated heterocycles. The molecule has 1 aliphatic rings. The molecule has 3 rings (SSSR count). The Morgan fingerprint density at radius 3 is 2.88 bits per heavy atom. The Morgan fingerprint density at radius 1 is 1.36 bits per heavy atom. The van der Waals surface area contributed by atoms with E-state index in [1.807, 2.05) is 30.2 Å². The zero-order chi connectivity index (χ0) is 17.8. The summed E-state index contributed by atoms with van der Waals surface area (Å²) in [5.41, 5.74) is 1.91. The van der Waals surface area contributed by atoms with Gasteiger partial charge < -0.3 is 9.64 Å². The molecule has 1 aliphatic heterocycles. The second kappa shape index (κ2) is 7.70. The molecule has 134 valence electrons. The van der Waals surface area contributed by atoms with Gasteiger partial charge in [0.05, 0.1) is 18.9 Å². The summed E-state index contributed by atoms with van der Waals surface area (Å²) in [6.07, 6.45) is 3.50. The maximum atomic E-state index is 12.7. The van der Waals surface area contributed by atoms with Crippen LogP contribution in [0.15, 0.2) is 36.7 Å². The van der Waals surface area contributed by atoms with Crippen molar-refractivity contribution in [3.8, 4) is 5.75 Å². The summed E-state index contributed by atoms with van der Waals surface area (Å²) in [5, 5.41) is 4.21. The second-order valence-corrected chi connectivity index (χ2v) is 6.52. The number of carbonyl (C=O) groups is 1. The number of benzene rings is 1. The number of nitrogens with zero attached hydrogens (tertiary/aromatic N) is 4. The highest BCUT2D eigenvalue weighted by atomic mass is 16.5. The second-order valence-electron chi connectivity index (χ2n) is 6.52. The lowest BCUT2D eigenvalue weighted by molar-refractivity contribution is 0.0475. The number of aromatic nitrogens is 2. The average molecular weight is 342 g/mol. The van der Waals surface area contributed by atoms with Gasteiger partial charge in [0.2, 0.25) is 0 Å². The minimum atomic E-state index is 0.0771. The van der Waals surface area contributed by atoms with Crippen LogP contribution < -0.4 is 4.74 Å². The first-order valence-electron chi connectivity index (χ1n) is 8.79. The van der Waals surface area contributed by atoms with Crippen molar-refractivity contribution in [2.75, 3.05) is 26.7 Å². The summed E-state index contributed by atoms with van der Waals surface area (Å²) in [7, 11) is 1.69. The minimum absolute atomic E-state index is 0.0771. The average Bonchev–Trinajstić information content (AvgIpc) is 3.11. The number of hydrogen-bond donors (Lipinski definition) is 0. The van der Waals surface area contributed by atoms with Crippen LogP contribution in [0.1, 0.15) is 29.8 Å². The first-order valence-corrected chi connectivity index (χ1v) is 8.79. The fourth-order valence-electron chi connectivity index (χ4n) is 3.32. The van der Waals surface area contributed by atoms with E-state index in [9.17, 15) is 4.79 Å². The number of rotatable bonds is 5. The van der Waals surface area contributed by atoms with Gasteiger partial charge in [0, 0.05) is 45.0 Å². The summed E-state index contributed by atoms with van der Waals surface area (Å²) in [6.45, 7) is 8.25. The Morgan fingerprint density at radius 2 is 2.20 bits per heavy atom. The molecule has 1 fully saturated rings. The zero-order valence-electron chi connectivity index (χ0n) is 15.2. The number of amides is 1. The quantitative estimate of drug-likeness (QED) is 0.836. The van der Waals surface area contributed by atoms with Gasteiger partial charge in [-0.15, -0.1) is 0 Å². The Kier molecular flexibility index (Phi) is 5.38. The van der Waals surface area contributed by atoms with E-state index < -0.39 is 0 Å². The van der Waals surface area contributed by atoms with Crippen molar-refractivity contribution in [3.05, 3.63) is 47.8 Å². The number of carbonyl (C=O) groups excluding carboxylic acids is 1. The lowest BCUT2D eigenvalue weighted by Gasteiger charge is -2.39. The largest absolute Gasteiger partial charge is 0.497 e. The third-order valence-electron chi connectivity index (χ3n) is 4.72. The van der Waals surface area contributed by atoms with Crippen molar-refractivity contribution in [1.82, 2.24) is 19.6 Å². The van der Waals surface area contributed by atoms with Crippen molar-refractivity contribution in [2.24, 2.45) is 0 Å². The molecule has 0 radical (unpaired) electrons. The number of methoxy groups -OCH3 is 1. The fraction of sp³-hybridized carbons (Fsp3) is 0.474. The molecule has 1 aromatic heterocycles. The lowest BCUT2D eigenvalue weighted by atomic mass is 10.1. The van der Waals surface area contributed by atoms with E-state index >= 15 is 0 Å². The van der Waals surface area contributed by atoms with Gasteiger partial charge in [-0.25, -0.2) is 0 Å². The van der Waals surface area contributed by atoms with E-state index in [-0.39, 0.29) is 11.9 Å². The van der Waals surface area contributed by atoms with Gasteiger partial charge in [0.15, 0.2) is 0 Å². The molecule has 0 bridgehead atoms. The maximum absolute atomic E-state index is 12.7. The molecule has 1 aromatic carbocycles. The Labute approximate surface area is 149 Å². The third-order valence-corrected chi connectivity index (χ3v) is 4.72. The SMILES string of the molecule is CCn1cc(C(=O)N2CCN(Cc3cccc(OC)c3)C[C@@H]2C)cn1. The highest BCUT2D eigenvalue weighted by molar-refractivity contribution is 5.94. The van der Waals surface area contributed by atoms with Gasteiger partial charge in [-0.3, -0.25) is 14.4 Å². The van der Waals surface area contributed by atoms with Crippen molar-refractivity contribution in [2.45, 2.75) is 33.0 Å². The first-order chi connectivity index (χ1) is 12.1. The first kappa shape index (κ1) is 17.5. The van der Waals surface area contributed by atoms with Crippen molar-refractivity contribution < 1.29 is 9.53 Å². The molecule has 1 atom stereocenters. The molecule has 1 amide bonds. The van der Waals surface area contributed by atoms with Crippen molar-refractivity contribution >= 4 is 5.91 Å². The summed E-state index contributed by atoms with van der Waals surface area (Å²) in [6, 6.07) is 8.34. The predicted molar refractivity (Wildman–Crippen MR) is 96.7 cm³/mol. The molecule has 2 heterocycles. The van der Waals surface area contributed by atoms with Gasteiger partial charge in [0.25, 0.3) is 5.91 Å². The smallest absolute Gasteiger partial charge is 0.257 e. The highest BCUT2D eigenvalue weighted by Gasteiger charge is 2.28. The summed E-state index contributed by atoms with van der Waals surface area (Å²) in [5.74, 6) is 0.959. The standard InChI is InChI=1S/C19H26N4O2/c1-4-22-14-17(11-20-22)19(24)23-9-8-21(12-15(23)2)13-16-6-5-7-18(10-16)25-3/h5-7,10-11,14-15H,4,8-9,12-13H2,1-3H3/t15-/m0/s1. The van der Waals surface area contributed by atoms with Gasteiger partial charge in [-0.1, -0.05) is 12.1 Å². The van der Waals surface area contributed by atoms with E-state index in [1.54, 1.807) is 18.0 Å². The summed E-state index contributed by atoms with van der Waals surface area (Å²) >= 11 is 0. The van der Waals surface area contributed by atoms with Crippen LogP contribution in [0.2, 0.25) is 0 Å². The Balaban J connectivity index is 1.61. The molecule has 0 saturated carbocycles. The monoisotopic (exact) mass is 342 g/mol. The van der Waals surface area contributed by atoms with Crippen molar-refractivity contribution in [1.29, 1.82) is 0 Å². The number of ether oxygens (including phenoxy) is 1. The van der Waals surface area contributed by atoms with Crippen LogP contribution >= 0.6 is 0 Å². The van der Waals surface area contributed by atoms with Crippen LogP contribution in [-0.2, 0) is 13.1 Å². The van der Waals surface area contributed by atoms with E-state index in [0.717, 1.165) is 38.5 Å². The van der Waals surface area contributed by atoms with Crippen LogP contribution in [0.5, 0.6) is 5.75 Å². The van der Waals surface area contributed by atoms with Crippen LogP contribution in [0.25, 0.3) is 0 Å². The number of piperazine rings is 1. The molecule has 0 aliphatic carbocycles. The fourth-order valence-corrected chi connectivity index (χ4v) is 3.32. The zero-order valence-corrected chi connectivity index (χ0v) is 15.2. The Bertz CT molecular complexity index is 728. The molecule has 0 unspecified atom stereocenters. The van der Waals surface area contributed by atoms with E-state index in [2.05, 4.69) is 29.1 Å². The van der Waals surface area contributed by atoms with Gasteiger partial charge >= 0.3 is 0 Å². The van der Waals surface area contributed by atoms with Crippen molar-refractivity contribution in [3.63, 3.8) is 0 Å². The molecule has 0 spiro atoms. The lowest BCUT2D eigenvalue weighted by Crippen LogP contribution is -2.53. The summed E-state index contributed by atoms with van der Waals surface area (Å²) in [4.78, 5) is 17.1. The maximum Gasteiger partial charge on any atom is 0.257 e.